The van der Waals surface area contributed by atoms with Crippen LogP contribution in [0.1, 0.15) is 24.2 Å². The summed E-state index contributed by atoms with van der Waals surface area (Å²) in [6.45, 7) is 3.83. The summed E-state index contributed by atoms with van der Waals surface area (Å²) in [6.07, 6.45) is 0.00951. The molecule has 0 heterocycles. The summed E-state index contributed by atoms with van der Waals surface area (Å²) in [7, 11) is 1.48. The maximum Gasteiger partial charge on any atom is 0.192 e. The van der Waals surface area contributed by atoms with E-state index in [1.165, 1.54) is 7.11 Å². The molecule has 0 fully saturated rings. The molecule has 1 aromatic rings. The van der Waals surface area contributed by atoms with Gasteiger partial charge in [-0.25, -0.2) is 0 Å². The highest BCUT2D eigenvalue weighted by atomic mass is 35.5. The highest BCUT2D eigenvalue weighted by Gasteiger charge is 2.13. The first-order valence-electron chi connectivity index (χ1n) is 5.03. The fraction of sp³-hybridized carbons (Fsp3) is 0.417. The van der Waals surface area contributed by atoms with E-state index in [4.69, 9.17) is 21.1 Å². The molecule has 16 heavy (non-hydrogen) atoms. The smallest absolute Gasteiger partial charge is 0.192 e. The van der Waals surface area contributed by atoms with Crippen molar-refractivity contribution in [3.8, 4) is 5.75 Å². The predicted octanol–water partition coefficient (Wildman–Crippen LogP) is 2.96. The molecule has 0 unspecified atom stereocenters. The van der Waals surface area contributed by atoms with Crippen LogP contribution in [0.25, 0.3) is 0 Å². The van der Waals surface area contributed by atoms with Crippen LogP contribution in [0.15, 0.2) is 18.2 Å². The van der Waals surface area contributed by atoms with E-state index in [-0.39, 0.29) is 18.5 Å². The molecule has 0 aliphatic rings. The van der Waals surface area contributed by atoms with Gasteiger partial charge in [0.2, 0.25) is 0 Å². The number of halogens is 1. The van der Waals surface area contributed by atoms with E-state index >= 15 is 0 Å². The lowest BCUT2D eigenvalue weighted by Gasteiger charge is -2.13. The molecule has 3 nitrogen and oxygen atoms in total. The molecule has 0 spiro atoms. The zero-order chi connectivity index (χ0) is 12.1. The average Bonchev–Trinajstić information content (AvgIpc) is 2.20. The van der Waals surface area contributed by atoms with Crippen molar-refractivity contribution in [2.75, 3.05) is 13.7 Å². The van der Waals surface area contributed by atoms with Gasteiger partial charge in [0.25, 0.3) is 0 Å². The largest absolute Gasteiger partial charge is 0.490 e. The minimum atomic E-state index is -0.138. The molecule has 0 atom stereocenters. The van der Waals surface area contributed by atoms with Crippen LogP contribution >= 0.6 is 11.6 Å². The Morgan fingerprint density at radius 3 is 2.69 bits per heavy atom. The van der Waals surface area contributed by atoms with Crippen LogP contribution in [0.3, 0.4) is 0 Å². The number of rotatable bonds is 5. The standard InChI is InChI=1S/C12H15ClO3/c1-8(2)16-12-5-4-9(13)6-10(12)11(14)7-15-3/h4-6,8H,7H2,1-3H3. The Bertz CT molecular complexity index is 375. The van der Waals surface area contributed by atoms with Crippen molar-refractivity contribution in [2.24, 2.45) is 0 Å². The zero-order valence-electron chi connectivity index (χ0n) is 9.62. The van der Waals surface area contributed by atoms with Gasteiger partial charge in [0.1, 0.15) is 12.4 Å². The Morgan fingerprint density at radius 1 is 1.44 bits per heavy atom. The van der Waals surface area contributed by atoms with E-state index in [0.717, 1.165) is 0 Å². The number of carbonyl (C=O) groups is 1. The SMILES string of the molecule is COCC(=O)c1cc(Cl)ccc1OC(C)C. The first-order valence-corrected chi connectivity index (χ1v) is 5.40. The van der Waals surface area contributed by atoms with Crippen molar-refractivity contribution in [1.29, 1.82) is 0 Å². The third-order valence-corrected chi connectivity index (χ3v) is 2.12. The molecule has 88 valence electrons. The van der Waals surface area contributed by atoms with Crippen molar-refractivity contribution in [2.45, 2.75) is 20.0 Å². The summed E-state index contributed by atoms with van der Waals surface area (Å²) in [5.74, 6) is 0.405. The zero-order valence-corrected chi connectivity index (χ0v) is 10.4. The molecule has 0 saturated heterocycles. The fourth-order valence-corrected chi connectivity index (χ4v) is 1.46. The normalized spacial score (nSPS) is 10.6. The van der Waals surface area contributed by atoms with Gasteiger partial charge in [0, 0.05) is 12.1 Å². The predicted molar refractivity (Wildman–Crippen MR) is 63.4 cm³/mol. The van der Waals surface area contributed by atoms with Gasteiger partial charge in [-0.2, -0.15) is 0 Å². The molecule has 1 rings (SSSR count). The summed E-state index contributed by atoms with van der Waals surface area (Å²) >= 11 is 5.85. The van der Waals surface area contributed by atoms with Crippen LogP contribution in [-0.4, -0.2) is 25.6 Å². The van der Waals surface area contributed by atoms with E-state index in [1.54, 1.807) is 18.2 Å². The number of methoxy groups -OCH3 is 1. The Kier molecular flexibility index (Phi) is 4.77. The molecule has 0 radical (unpaired) electrons. The summed E-state index contributed by atoms with van der Waals surface area (Å²) in [5, 5.41) is 0.510. The summed E-state index contributed by atoms with van der Waals surface area (Å²) in [6, 6.07) is 4.99. The molecule has 0 bridgehead atoms. The van der Waals surface area contributed by atoms with Crippen LogP contribution < -0.4 is 4.74 Å². The summed E-state index contributed by atoms with van der Waals surface area (Å²) in [4.78, 5) is 11.7. The van der Waals surface area contributed by atoms with Crippen LogP contribution in [0, 0.1) is 0 Å². The van der Waals surface area contributed by atoms with E-state index in [1.807, 2.05) is 13.8 Å². The second-order valence-electron chi connectivity index (χ2n) is 3.66. The van der Waals surface area contributed by atoms with E-state index < -0.39 is 0 Å². The quantitative estimate of drug-likeness (QED) is 0.745. The van der Waals surface area contributed by atoms with Crippen LogP contribution in [0.5, 0.6) is 5.75 Å². The third kappa shape index (κ3) is 3.51. The van der Waals surface area contributed by atoms with Gasteiger partial charge in [-0.1, -0.05) is 11.6 Å². The van der Waals surface area contributed by atoms with Crippen LogP contribution in [0.2, 0.25) is 5.02 Å². The maximum atomic E-state index is 11.7. The topological polar surface area (TPSA) is 35.5 Å². The highest BCUT2D eigenvalue weighted by molar-refractivity contribution is 6.31. The number of benzene rings is 1. The Labute approximate surface area is 100 Å². The third-order valence-electron chi connectivity index (χ3n) is 1.88. The van der Waals surface area contributed by atoms with Crippen LogP contribution in [-0.2, 0) is 4.74 Å². The molecular weight excluding hydrogens is 228 g/mol. The number of carbonyl (C=O) groups excluding carboxylic acids is 1. The number of ether oxygens (including phenoxy) is 2. The Morgan fingerprint density at radius 2 is 2.12 bits per heavy atom. The molecular formula is C12H15ClO3. The Hall–Kier alpha value is -1.06. The molecule has 0 amide bonds. The minimum Gasteiger partial charge on any atom is -0.490 e. The lowest BCUT2D eigenvalue weighted by atomic mass is 10.1. The number of hydrogen-bond donors (Lipinski definition) is 0. The average molecular weight is 243 g/mol. The molecule has 0 aliphatic carbocycles. The second-order valence-corrected chi connectivity index (χ2v) is 4.10. The molecule has 4 heteroatoms. The van der Waals surface area contributed by atoms with E-state index in [9.17, 15) is 4.79 Å². The van der Waals surface area contributed by atoms with Crippen LogP contribution in [0.4, 0.5) is 0 Å². The van der Waals surface area contributed by atoms with E-state index in [0.29, 0.717) is 16.3 Å². The molecule has 0 aliphatic heterocycles. The Balaban J connectivity index is 3.02. The molecule has 0 saturated carbocycles. The van der Waals surface area contributed by atoms with Gasteiger partial charge in [0.15, 0.2) is 5.78 Å². The lowest BCUT2D eigenvalue weighted by Crippen LogP contribution is -2.13. The number of hydrogen-bond acceptors (Lipinski definition) is 3. The van der Waals surface area contributed by atoms with Gasteiger partial charge in [0.05, 0.1) is 11.7 Å². The van der Waals surface area contributed by atoms with Crippen molar-refractivity contribution >= 4 is 17.4 Å². The first kappa shape index (κ1) is 13.0. The number of Topliss-reactive ketones (excluding diaryl/α,β-unsaturated/α-hetero) is 1. The highest BCUT2D eigenvalue weighted by Crippen LogP contribution is 2.24. The summed E-state index contributed by atoms with van der Waals surface area (Å²) < 4.78 is 10.3. The minimum absolute atomic E-state index is 0.00951. The van der Waals surface area contributed by atoms with Crippen molar-refractivity contribution in [1.82, 2.24) is 0 Å². The molecule has 0 N–H and O–H groups in total. The fourth-order valence-electron chi connectivity index (χ4n) is 1.29. The van der Waals surface area contributed by atoms with Gasteiger partial charge in [-0.3, -0.25) is 4.79 Å². The van der Waals surface area contributed by atoms with E-state index in [2.05, 4.69) is 0 Å². The summed E-state index contributed by atoms with van der Waals surface area (Å²) in [5.41, 5.74) is 0.461. The van der Waals surface area contributed by atoms with Crippen molar-refractivity contribution in [3.05, 3.63) is 28.8 Å². The molecule has 1 aromatic carbocycles. The lowest BCUT2D eigenvalue weighted by molar-refractivity contribution is 0.0842. The van der Waals surface area contributed by atoms with Crippen molar-refractivity contribution < 1.29 is 14.3 Å². The first-order chi connectivity index (χ1) is 7.54. The van der Waals surface area contributed by atoms with Gasteiger partial charge in [-0.05, 0) is 32.0 Å². The number of ketones is 1. The van der Waals surface area contributed by atoms with Gasteiger partial charge in [-0.15, -0.1) is 0 Å². The second kappa shape index (κ2) is 5.87. The molecule has 0 aromatic heterocycles. The maximum absolute atomic E-state index is 11.7. The van der Waals surface area contributed by atoms with Gasteiger partial charge >= 0.3 is 0 Å². The monoisotopic (exact) mass is 242 g/mol. The van der Waals surface area contributed by atoms with Gasteiger partial charge < -0.3 is 9.47 Å². The van der Waals surface area contributed by atoms with Crippen molar-refractivity contribution in [3.63, 3.8) is 0 Å².